The molecule has 1 N–H and O–H groups in total. The summed E-state index contributed by atoms with van der Waals surface area (Å²) in [7, 11) is 0. The number of rotatable bonds is 4. The van der Waals surface area contributed by atoms with Gasteiger partial charge in [-0.3, -0.25) is 9.30 Å². The van der Waals surface area contributed by atoms with Crippen molar-refractivity contribution < 1.29 is 5.11 Å². The van der Waals surface area contributed by atoms with Crippen LogP contribution < -0.4 is 0 Å². The van der Waals surface area contributed by atoms with E-state index in [-0.39, 0.29) is 0 Å². The third kappa shape index (κ3) is 2.78. The summed E-state index contributed by atoms with van der Waals surface area (Å²) in [6, 6.07) is 2.06. The first-order chi connectivity index (χ1) is 11.5. The Balaban J connectivity index is 1.51. The van der Waals surface area contributed by atoms with Crippen LogP contribution in [0.15, 0.2) is 24.7 Å². The van der Waals surface area contributed by atoms with Gasteiger partial charge in [-0.25, -0.2) is 14.6 Å². The van der Waals surface area contributed by atoms with E-state index in [2.05, 4.69) is 42.6 Å². The van der Waals surface area contributed by atoms with E-state index < -0.39 is 5.60 Å². The number of β-amino-alcohol motifs (C(OH)–C–C–N with tert-alkyl or cyclic N) is 1. The van der Waals surface area contributed by atoms with Crippen LogP contribution in [-0.2, 0) is 13.1 Å². The lowest BCUT2D eigenvalue weighted by Gasteiger charge is -2.23. The molecule has 3 aromatic rings. The zero-order chi connectivity index (χ0) is 16.7. The van der Waals surface area contributed by atoms with Crippen molar-refractivity contribution in [3.8, 4) is 0 Å². The maximum atomic E-state index is 10.8. The molecule has 0 spiro atoms. The van der Waals surface area contributed by atoms with Crippen molar-refractivity contribution in [2.24, 2.45) is 0 Å². The average Bonchev–Trinajstić information content (AvgIpc) is 3.22. The highest BCUT2D eigenvalue weighted by Crippen LogP contribution is 2.25. The quantitative estimate of drug-likeness (QED) is 0.754. The average molecular weight is 327 g/mol. The molecule has 0 radical (unpaired) electrons. The Morgan fingerprint density at radius 2 is 2.21 bits per heavy atom. The van der Waals surface area contributed by atoms with Gasteiger partial charge < -0.3 is 5.11 Å². The molecule has 1 aliphatic rings. The van der Waals surface area contributed by atoms with Gasteiger partial charge in [0.15, 0.2) is 0 Å². The molecule has 0 aliphatic carbocycles. The SMILES string of the molecule is Cc1cc(C)n2c(CN3CCC(O)(Cn4ccnn4)C3)cnc2n1. The standard InChI is InChI=1S/C16H21N7O/c1-12-7-13(2)23-14(8-17-15(23)19-12)9-21-5-3-16(24,10-21)11-22-6-4-18-20-22/h4,6-8,24H,3,5,9-11H2,1-2H3. The summed E-state index contributed by atoms with van der Waals surface area (Å²) in [4.78, 5) is 11.1. The van der Waals surface area contributed by atoms with Crippen LogP contribution in [0.4, 0.5) is 0 Å². The van der Waals surface area contributed by atoms with E-state index in [0.29, 0.717) is 13.1 Å². The van der Waals surface area contributed by atoms with Crippen molar-refractivity contribution in [3.05, 3.63) is 41.7 Å². The fraction of sp³-hybridized carbons (Fsp3) is 0.500. The molecule has 0 aromatic carbocycles. The highest BCUT2D eigenvalue weighted by Gasteiger charge is 2.37. The number of nitrogens with zero attached hydrogens (tertiary/aromatic N) is 7. The minimum atomic E-state index is -0.766. The normalized spacial score (nSPS) is 21.8. The van der Waals surface area contributed by atoms with Gasteiger partial charge in [0.05, 0.1) is 30.2 Å². The van der Waals surface area contributed by atoms with Gasteiger partial charge in [0.25, 0.3) is 0 Å². The molecule has 4 heterocycles. The summed E-state index contributed by atoms with van der Waals surface area (Å²) in [6.45, 7) is 6.71. The van der Waals surface area contributed by atoms with Crippen LogP contribution >= 0.6 is 0 Å². The van der Waals surface area contributed by atoms with Gasteiger partial charge in [0.2, 0.25) is 5.78 Å². The first-order valence-electron chi connectivity index (χ1n) is 8.12. The minimum Gasteiger partial charge on any atom is -0.387 e. The lowest BCUT2D eigenvalue weighted by atomic mass is 10.0. The van der Waals surface area contributed by atoms with Crippen molar-refractivity contribution in [2.45, 2.75) is 39.0 Å². The Kier molecular flexibility index (Phi) is 3.58. The highest BCUT2D eigenvalue weighted by atomic mass is 16.3. The van der Waals surface area contributed by atoms with Gasteiger partial charge in [-0.1, -0.05) is 5.21 Å². The van der Waals surface area contributed by atoms with Gasteiger partial charge >= 0.3 is 0 Å². The van der Waals surface area contributed by atoms with E-state index in [0.717, 1.165) is 42.4 Å². The third-order valence-electron chi connectivity index (χ3n) is 4.59. The van der Waals surface area contributed by atoms with Crippen LogP contribution in [0.25, 0.3) is 5.78 Å². The number of aromatic nitrogens is 6. The first-order valence-corrected chi connectivity index (χ1v) is 8.12. The predicted octanol–water partition coefficient (Wildman–Crippen LogP) is 0.575. The van der Waals surface area contributed by atoms with E-state index in [1.807, 2.05) is 13.1 Å². The molecule has 0 amide bonds. The Labute approximate surface area is 139 Å². The number of hydrogen-bond acceptors (Lipinski definition) is 6. The van der Waals surface area contributed by atoms with Crippen molar-refractivity contribution in [2.75, 3.05) is 13.1 Å². The Hall–Kier alpha value is -2.32. The Bertz CT molecular complexity index is 857. The van der Waals surface area contributed by atoms with E-state index in [1.165, 1.54) is 0 Å². The molecule has 8 nitrogen and oxygen atoms in total. The number of fused-ring (bicyclic) bond motifs is 1. The minimum absolute atomic E-state index is 0.469. The van der Waals surface area contributed by atoms with Crippen LogP contribution in [-0.4, -0.2) is 58.1 Å². The van der Waals surface area contributed by atoms with Gasteiger partial charge in [-0.15, -0.1) is 5.10 Å². The maximum Gasteiger partial charge on any atom is 0.234 e. The fourth-order valence-corrected chi connectivity index (χ4v) is 3.56. The smallest absolute Gasteiger partial charge is 0.234 e. The van der Waals surface area contributed by atoms with Crippen LogP contribution in [0.3, 0.4) is 0 Å². The second kappa shape index (κ2) is 5.64. The molecule has 3 aromatic heterocycles. The summed E-state index contributed by atoms with van der Waals surface area (Å²) in [5.74, 6) is 0.736. The predicted molar refractivity (Wildman–Crippen MR) is 87.3 cm³/mol. The van der Waals surface area contributed by atoms with Crippen LogP contribution in [0, 0.1) is 13.8 Å². The molecule has 1 unspecified atom stereocenters. The largest absolute Gasteiger partial charge is 0.387 e. The van der Waals surface area contributed by atoms with Crippen molar-refractivity contribution in [3.63, 3.8) is 0 Å². The van der Waals surface area contributed by atoms with Crippen LogP contribution in [0.1, 0.15) is 23.5 Å². The summed E-state index contributed by atoms with van der Waals surface area (Å²) >= 11 is 0. The van der Waals surface area contributed by atoms with E-state index >= 15 is 0 Å². The fourth-order valence-electron chi connectivity index (χ4n) is 3.56. The van der Waals surface area contributed by atoms with Gasteiger partial charge in [0.1, 0.15) is 0 Å². The van der Waals surface area contributed by atoms with Crippen LogP contribution in [0.5, 0.6) is 0 Å². The molecule has 1 saturated heterocycles. The first kappa shape index (κ1) is 15.2. The van der Waals surface area contributed by atoms with Crippen LogP contribution in [0.2, 0.25) is 0 Å². The lowest BCUT2D eigenvalue weighted by molar-refractivity contribution is 0.0273. The molecular weight excluding hydrogens is 306 g/mol. The third-order valence-corrected chi connectivity index (χ3v) is 4.59. The summed E-state index contributed by atoms with van der Waals surface area (Å²) in [5, 5.41) is 18.5. The number of hydrogen-bond donors (Lipinski definition) is 1. The highest BCUT2D eigenvalue weighted by molar-refractivity contribution is 5.35. The topological polar surface area (TPSA) is 84.4 Å². The molecule has 0 saturated carbocycles. The zero-order valence-electron chi connectivity index (χ0n) is 13.9. The molecule has 0 bridgehead atoms. The molecule has 1 aliphatic heterocycles. The van der Waals surface area contributed by atoms with Crippen molar-refractivity contribution >= 4 is 5.78 Å². The van der Waals surface area contributed by atoms with Crippen molar-refractivity contribution in [1.29, 1.82) is 0 Å². The van der Waals surface area contributed by atoms with Gasteiger partial charge in [0, 0.05) is 37.2 Å². The van der Waals surface area contributed by atoms with E-state index in [9.17, 15) is 5.11 Å². The van der Waals surface area contributed by atoms with E-state index in [1.54, 1.807) is 17.1 Å². The Morgan fingerprint density at radius 3 is 3.00 bits per heavy atom. The molecule has 1 fully saturated rings. The summed E-state index contributed by atoms with van der Waals surface area (Å²) < 4.78 is 3.77. The molecule has 4 rings (SSSR count). The number of aliphatic hydroxyl groups is 1. The van der Waals surface area contributed by atoms with Gasteiger partial charge in [-0.2, -0.15) is 0 Å². The number of likely N-dealkylation sites (tertiary alicyclic amines) is 1. The summed E-state index contributed by atoms with van der Waals surface area (Å²) in [5.41, 5.74) is 2.43. The second-order valence-corrected chi connectivity index (χ2v) is 6.71. The summed E-state index contributed by atoms with van der Waals surface area (Å²) in [6.07, 6.45) is 6.01. The lowest BCUT2D eigenvalue weighted by Crippen LogP contribution is -2.37. The molecular formula is C16H21N7O. The number of imidazole rings is 1. The molecule has 126 valence electrons. The zero-order valence-corrected chi connectivity index (χ0v) is 13.9. The van der Waals surface area contributed by atoms with Gasteiger partial charge in [-0.05, 0) is 26.3 Å². The monoisotopic (exact) mass is 327 g/mol. The number of aryl methyl sites for hydroxylation is 2. The molecule has 24 heavy (non-hydrogen) atoms. The molecule has 8 heteroatoms. The maximum absolute atomic E-state index is 10.8. The second-order valence-electron chi connectivity index (χ2n) is 6.71. The van der Waals surface area contributed by atoms with Crippen molar-refractivity contribution in [1.82, 2.24) is 34.3 Å². The van der Waals surface area contributed by atoms with E-state index in [4.69, 9.17) is 0 Å². The Morgan fingerprint density at radius 1 is 1.33 bits per heavy atom. The molecule has 1 atom stereocenters.